The molecular formula is C55H76O10S. The van der Waals surface area contributed by atoms with Crippen molar-refractivity contribution in [3.05, 3.63) is 131 Å². The molecule has 2 fully saturated rings. The first-order valence-corrected chi connectivity index (χ1v) is 25.8. The van der Waals surface area contributed by atoms with Crippen LogP contribution in [-0.2, 0) is 49.1 Å². The van der Waals surface area contributed by atoms with Gasteiger partial charge in [-0.05, 0) is 104 Å². The topological polar surface area (TPSA) is 92.3 Å². The quantitative estimate of drug-likeness (QED) is 0.0326. The second-order valence-electron chi connectivity index (χ2n) is 16.8. The zero-order valence-electron chi connectivity index (χ0n) is 39.3. The van der Waals surface area contributed by atoms with Gasteiger partial charge < -0.3 is 47.4 Å². The first-order valence-electron chi connectivity index (χ1n) is 24.8. The molecule has 2 atom stereocenters. The maximum atomic E-state index is 6.30. The van der Waals surface area contributed by atoms with Crippen molar-refractivity contribution in [2.24, 2.45) is 0 Å². The number of hydrogen-bond acceptors (Lipinski definition) is 11. The van der Waals surface area contributed by atoms with Crippen molar-refractivity contribution >= 4 is 11.8 Å². The van der Waals surface area contributed by atoms with E-state index in [1.165, 1.54) is 22.3 Å². The van der Waals surface area contributed by atoms with Crippen LogP contribution in [0.5, 0.6) is 11.5 Å². The Morgan fingerprint density at radius 2 is 0.879 bits per heavy atom. The van der Waals surface area contributed by atoms with Crippen molar-refractivity contribution in [3.63, 3.8) is 0 Å². The highest BCUT2D eigenvalue weighted by atomic mass is 32.2. The summed E-state index contributed by atoms with van der Waals surface area (Å²) in [4.78, 5) is 0. The summed E-state index contributed by atoms with van der Waals surface area (Å²) in [7, 11) is 0. The van der Waals surface area contributed by atoms with Crippen molar-refractivity contribution in [3.8, 4) is 11.5 Å². The van der Waals surface area contributed by atoms with Gasteiger partial charge in [0.2, 0.25) is 0 Å². The minimum atomic E-state index is -0.274. The molecule has 2 unspecified atom stereocenters. The van der Waals surface area contributed by atoms with Gasteiger partial charge in [-0.1, -0.05) is 104 Å². The lowest BCUT2D eigenvalue weighted by atomic mass is 9.84. The van der Waals surface area contributed by atoms with Crippen molar-refractivity contribution in [2.75, 3.05) is 98.2 Å². The molecule has 10 nitrogen and oxygen atoms in total. The van der Waals surface area contributed by atoms with Crippen LogP contribution in [0.1, 0.15) is 99.3 Å². The lowest BCUT2D eigenvalue weighted by Crippen LogP contribution is -2.26. The Bertz CT molecular complexity index is 1690. The van der Waals surface area contributed by atoms with Crippen LogP contribution in [0, 0.1) is 0 Å². The van der Waals surface area contributed by atoms with E-state index in [1.807, 2.05) is 23.9 Å². The number of benzene rings is 4. The molecule has 2 saturated heterocycles. The van der Waals surface area contributed by atoms with Gasteiger partial charge in [-0.3, -0.25) is 0 Å². The highest BCUT2D eigenvalue weighted by Gasteiger charge is 2.36. The van der Waals surface area contributed by atoms with Gasteiger partial charge in [0, 0.05) is 26.1 Å². The van der Waals surface area contributed by atoms with E-state index >= 15 is 0 Å². The first kappa shape index (κ1) is 51.9. The summed E-state index contributed by atoms with van der Waals surface area (Å²) >= 11 is 2.00. The highest BCUT2D eigenvalue weighted by Crippen LogP contribution is 2.48. The van der Waals surface area contributed by atoms with Crippen LogP contribution in [0.3, 0.4) is 0 Å². The third-order valence-corrected chi connectivity index (χ3v) is 13.4. The monoisotopic (exact) mass is 929 g/mol. The minimum Gasteiger partial charge on any atom is -0.465 e. The molecule has 4 aromatic rings. The standard InChI is InChI=1S/C55H76O10S/c1(6-20-47-46-51(64-53-27-13-16-33-62-53)29-30-52(47)65-54-28-14-17-34-63-54)2-15-31-56-35-37-58-39-41-60-43-44-61-42-40-59-38-36-57-32-18-19-45-66-55(48-21-7-3-8-22-48,49-23-9-4-10-24-49)50-25-11-5-12-26-50/h3-5,7-12,21-26,29-30,46,53-54H,1-2,6,13-20,27-28,31-45H2. The lowest BCUT2D eigenvalue weighted by molar-refractivity contribution is -0.108. The van der Waals surface area contributed by atoms with Crippen LogP contribution >= 0.6 is 11.8 Å². The Hall–Kier alpha value is -3.49. The molecule has 0 amide bonds. The molecule has 0 aliphatic carbocycles. The lowest BCUT2D eigenvalue weighted by Gasteiger charge is -2.35. The largest absolute Gasteiger partial charge is 0.465 e. The molecule has 0 saturated carbocycles. The van der Waals surface area contributed by atoms with E-state index in [0.717, 1.165) is 127 Å². The van der Waals surface area contributed by atoms with E-state index in [0.29, 0.717) is 66.1 Å². The number of rotatable bonds is 35. The summed E-state index contributed by atoms with van der Waals surface area (Å²) in [5.74, 6) is 2.77. The number of aryl methyl sites for hydroxylation is 1. The maximum absolute atomic E-state index is 6.30. The normalized spacial score (nSPS) is 16.6. The van der Waals surface area contributed by atoms with E-state index in [1.54, 1.807) is 0 Å². The third kappa shape index (κ3) is 18.9. The maximum Gasteiger partial charge on any atom is 0.199 e. The van der Waals surface area contributed by atoms with Gasteiger partial charge in [-0.2, -0.15) is 0 Å². The molecule has 362 valence electrons. The summed E-state index contributed by atoms with van der Waals surface area (Å²) in [6.45, 7) is 8.52. The molecule has 0 spiro atoms. The predicted octanol–water partition coefficient (Wildman–Crippen LogP) is 11.2. The molecule has 0 radical (unpaired) electrons. The van der Waals surface area contributed by atoms with Gasteiger partial charge in [-0.25, -0.2) is 0 Å². The number of hydrogen-bond donors (Lipinski definition) is 0. The Kier molecular flexibility index (Phi) is 25.4. The summed E-state index contributed by atoms with van der Waals surface area (Å²) in [5.41, 5.74) is 5.07. The van der Waals surface area contributed by atoms with Crippen LogP contribution in [0.25, 0.3) is 0 Å². The van der Waals surface area contributed by atoms with E-state index in [4.69, 9.17) is 47.4 Å². The highest BCUT2D eigenvalue weighted by molar-refractivity contribution is 8.00. The average Bonchev–Trinajstić information content (AvgIpc) is 3.37. The van der Waals surface area contributed by atoms with Gasteiger partial charge in [0.05, 0.1) is 84.0 Å². The number of thioether (sulfide) groups is 1. The smallest absolute Gasteiger partial charge is 0.199 e. The molecule has 4 aromatic carbocycles. The molecule has 0 bridgehead atoms. The van der Waals surface area contributed by atoms with Crippen LogP contribution in [-0.4, -0.2) is 111 Å². The molecule has 11 heteroatoms. The Labute approximate surface area is 399 Å². The summed E-state index contributed by atoms with van der Waals surface area (Å²) in [5, 5.41) is 0. The van der Waals surface area contributed by atoms with Crippen LogP contribution in [0.4, 0.5) is 0 Å². The van der Waals surface area contributed by atoms with E-state index < -0.39 is 0 Å². The Morgan fingerprint density at radius 3 is 1.35 bits per heavy atom. The number of unbranched alkanes of at least 4 members (excludes halogenated alkanes) is 4. The SMILES string of the molecule is c1ccc(C(SCCCCOCCOCCOCCOCCOCCOCCCCCCc2cc(OC3CCCCO3)ccc2OC2CCCCO2)(c2ccccc2)c2ccccc2)cc1. The minimum absolute atomic E-state index is 0.160. The average molecular weight is 929 g/mol. The van der Waals surface area contributed by atoms with Crippen LogP contribution < -0.4 is 9.47 Å². The molecule has 0 N–H and O–H groups in total. The summed E-state index contributed by atoms with van der Waals surface area (Å²) in [6, 6.07) is 38.8. The van der Waals surface area contributed by atoms with Crippen molar-refractivity contribution < 1.29 is 47.4 Å². The molecule has 0 aromatic heterocycles. The van der Waals surface area contributed by atoms with Crippen LogP contribution in [0.15, 0.2) is 109 Å². The predicted molar refractivity (Wildman–Crippen MR) is 263 cm³/mol. The van der Waals surface area contributed by atoms with Gasteiger partial charge in [-0.15, -0.1) is 11.8 Å². The van der Waals surface area contributed by atoms with Crippen molar-refractivity contribution in [1.29, 1.82) is 0 Å². The summed E-state index contributed by atoms with van der Waals surface area (Å²) in [6.07, 6.45) is 13.4. The number of ether oxygens (including phenoxy) is 10. The van der Waals surface area contributed by atoms with E-state index in [-0.39, 0.29) is 17.3 Å². The van der Waals surface area contributed by atoms with Gasteiger partial charge in [0.1, 0.15) is 11.5 Å². The van der Waals surface area contributed by atoms with Crippen LogP contribution in [0.2, 0.25) is 0 Å². The Morgan fingerprint density at radius 1 is 0.439 bits per heavy atom. The van der Waals surface area contributed by atoms with Gasteiger partial charge >= 0.3 is 0 Å². The molecule has 66 heavy (non-hydrogen) atoms. The first-order chi connectivity index (χ1) is 32.8. The van der Waals surface area contributed by atoms with Crippen molar-refractivity contribution in [2.45, 2.75) is 101 Å². The molecule has 2 aliphatic heterocycles. The van der Waals surface area contributed by atoms with E-state index in [2.05, 4.69) is 97.1 Å². The third-order valence-electron chi connectivity index (χ3n) is 11.7. The fraction of sp³-hybridized carbons (Fsp3) is 0.564. The fourth-order valence-electron chi connectivity index (χ4n) is 8.22. The molecule has 2 heterocycles. The summed E-state index contributed by atoms with van der Waals surface area (Å²) < 4.78 is 58.2. The Balaban J connectivity index is 0.698. The van der Waals surface area contributed by atoms with E-state index in [9.17, 15) is 0 Å². The van der Waals surface area contributed by atoms with Gasteiger partial charge in [0.25, 0.3) is 0 Å². The second-order valence-corrected chi connectivity index (χ2v) is 18.1. The molecule has 2 aliphatic rings. The molecular weight excluding hydrogens is 853 g/mol. The second kappa shape index (κ2) is 32.3. The van der Waals surface area contributed by atoms with Crippen molar-refractivity contribution in [1.82, 2.24) is 0 Å². The van der Waals surface area contributed by atoms with Gasteiger partial charge in [0.15, 0.2) is 12.6 Å². The zero-order chi connectivity index (χ0) is 45.4. The zero-order valence-corrected chi connectivity index (χ0v) is 40.2. The molecule has 6 rings (SSSR count). The fourth-order valence-corrected chi connectivity index (χ4v) is 9.78.